The van der Waals surface area contributed by atoms with Crippen LogP contribution in [0.5, 0.6) is 0 Å². The summed E-state index contributed by atoms with van der Waals surface area (Å²) >= 11 is 0. The second kappa shape index (κ2) is 4.59. The number of pyridine rings is 1. The number of aromatic nitrogens is 1. The van der Waals surface area contributed by atoms with Gasteiger partial charge in [0, 0.05) is 38.4 Å². The molecule has 0 radical (unpaired) electrons. The van der Waals surface area contributed by atoms with Gasteiger partial charge >= 0.3 is 0 Å². The lowest BCUT2D eigenvalue weighted by Crippen LogP contribution is -2.29. The molecule has 1 saturated heterocycles. The summed E-state index contributed by atoms with van der Waals surface area (Å²) in [6.07, 6.45) is 2.47. The minimum atomic E-state index is -0.183. The number of rotatable bonds is 3. The van der Waals surface area contributed by atoms with Crippen molar-refractivity contribution in [2.24, 2.45) is 0 Å². The Hall–Kier alpha value is -1.13. The number of nitrogens with zero attached hydrogens (tertiary/aromatic N) is 2. The van der Waals surface area contributed by atoms with Crippen molar-refractivity contribution in [1.29, 1.82) is 0 Å². The van der Waals surface area contributed by atoms with Gasteiger partial charge in [0.25, 0.3) is 5.56 Å². The van der Waals surface area contributed by atoms with Crippen LogP contribution in [-0.4, -0.2) is 40.3 Å². The topological polar surface area (TPSA) is 45.5 Å². The molecule has 0 aromatic carbocycles. The van der Waals surface area contributed by atoms with Crippen molar-refractivity contribution in [3.05, 3.63) is 34.7 Å². The van der Waals surface area contributed by atoms with Gasteiger partial charge in [-0.05, 0) is 12.5 Å². The van der Waals surface area contributed by atoms with Crippen molar-refractivity contribution < 1.29 is 5.11 Å². The molecule has 0 aliphatic carbocycles. The third-order valence-corrected chi connectivity index (χ3v) is 2.80. The van der Waals surface area contributed by atoms with Gasteiger partial charge in [0.05, 0.1) is 6.10 Å². The lowest BCUT2D eigenvalue weighted by atomic mass is 10.3. The number of aliphatic hydroxyl groups is 1. The first-order chi connectivity index (χ1) is 7.25. The van der Waals surface area contributed by atoms with E-state index in [1.165, 1.54) is 0 Å². The first-order valence-corrected chi connectivity index (χ1v) is 5.31. The Kier molecular flexibility index (Phi) is 3.18. The van der Waals surface area contributed by atoms with Crippen LogP contribution in [0.2, 0.25) is 0 Å². The van der Waals surface area contributed by atoms with E-state index in [-0.39, 0.29) is 11.7 Å². The first kappa shape index (κ1) is 10.4. The molecular weight excluding hydrogens is 192 g/mol. The van der Waals surface area contributed by atoms with Gasteiger partial charge in [-0.15, -0.1) is 0 Å². The molecule has 15 heavy (non-hydrogen) atoms. The minimum Gasteiger partial charge on any atom is -0.392 e. The zero-order valence-electron chi connectivity index (χ0n) is 8.67. The molecule has 1 aromatic rings. The molecule has 1 N–H and O–H groups in total. The molecule has 1 atom stereocenters. The highest BCUT2D eigenvalue weighted by molar-refractivity contribution is 4.93. The van der Waals surface area contributed by atoms with Crippen LogP contribution in [0.15, 0.2) is 29.2 Å². The van der Waals surface area contributed by atoms with Gasteiger partial charge in [0.2, 0.25) is 0 Å². The average molecular weight is 208 g/mol. The lowest BCUT2D eigenvalue weighted by molar-refractivity contribution is 0.175. The highest BCUT2D eigenvalue weighted by Crippen LogP contribution is 2.07. The molecule has 2 heterocycles. The summed E-state index contributed by atoms with van der Waals surface area (Å²) < 4.78 is 1.70. The van der Waals surface area contributed by atoms with E-state index in [2.05, 4.69) is 4.90 Å². The number of β-amino-alcohol motifs (C(OH)–C–C–N with tert-alkyl or cyclic N) is 1. The van der Waals surface area contributed by atoms with E-state index < -0.39 is 0 Å². The first-order valence-electron chi connectivity index (χ1n) is 5.31. The molecule has 1 aliphatic heterocycles. The molecule has 0 spiro atoms. The molecule has 2 rings (SSSR count). The zero-order chi connectivity index (χ0) is 10.7. The summed E-state index contributed by atoms with van der Waals surface area (Å²) in [5, 5.41) is 9.34. The molecule has 1 aliphatic rings. The van der Waals surface area contributed by atoms with E-state index in [9.17, 15) is 9.90 Å². The van der Waals surface area contributed by atoms with Gasteiger partial charge in [0.15, 0.2) is 0 Å². The van der Waals surface area contributed by atoms with Crippen molar-refractivity contribution in [1.82, 2.24) is 9.47 Å². The number of hydrogen-bond acceptors (Lipinski definition) is 3. The average Bonchev–Trinajstić information content (AvgIpc) is 2.63. The summed E-state index contributed by atoms with van der Waals surface area (Å²) in [7, 11) is 0. The molecule has 0 unspecified atom stereocenters. The van der Waals surface area contributed by atoms with Crippen LogP contribution < -0.4 is 5.56 Å². The fraction of sp³-hybridized carbons (Fsp3) is 0.545. The molecule has 4 nitrogen and oxygen atoms in total. The lowest BCUT2D eigenvalue weighted by Gasteiger charge is -2.15. The summed E-state index contributed by atoms with van der Waals surface area (Å²) in [6.45, 7) is 3.21. The maximum absolute atomic E-state index is 11.4. The van der Waals surface area contributed by atoms with Crippen LogP contribution >= 0.6 is 0 Å². The molecule has 0 amide bonds. The van der Waals surface area contributed by atoms with E-state index in [0.717, 1.165) is 26.1 Å². The number of aliphatic hydroxyl groups excluding tert-OH is 1. The fourth-order valence-corrected chi connectivity index (χ4v) is 1.91. The Bertz CT molecular complexity index is 375. The van der Waals surface area contributed by atoms with E-state index in [0.29, 0.717) is 6.54 Å². The molecule has 4 heteroatoms. The van der Waals surface area contributed by atoms with E-state index in [1.54, 1.807) is 22.9 Å². The van der Waals surface area contributed by atoms with E-state index in [4.69, 9.17) is 0 Å². The largest absolute Gasteiger partial charge is 0.392 e. The van der Waals surface area contributed by atoms with Gasteiger partial charge < -0.3 is 9.67 Å². The van der Waals surface area contributed by atoms with Gasteiger partial charge in [-0.25, -0.2) is 0 Å². The van der Waals surface area contributed by atoms with Crippen molar-refractivity contribution >= 4 is 0 Å². The van der Waals surface area contributed by atoms with Gasteiger partial charge in [0.1, 0.15) is 0 Å². The Balaban J connectivity index is 1.88. The summed E-state index contributed by atoms with van der Waals surface area (Å²) in [4.78, 5) is 13.6. The van der Waals surface area contributed by atoms with Crippen molar-refractivity contribution in [2.75, 3.05) is 19.6 Å². The molecular formula is C11H16N2O2. The third kappa shape index (κ3) is 2.67. The Labute approximate surface area is 88.8 Å². The van der Waals surface area contributed by atoms with Crippen molar-refractivity contribution in [3.8, 4) is 0 Å². The smallest absolute Gasteiger partial charge is 0.250 e. The molecule has 1 fully saturated rings. The quantitative estimate of drug-likeness (QED) is 0.755. The monoisotopic (exact) mass is 208 g/mol. The molecule has 0 saturated carbocycles. The Morgan fingerprint density at radius 3 is 2.93 bits per heavy atom. The highest BCUT2D eigenvalue weighted by atomic mass is 16.3. The fourth-order valence-electron chi connectivity index (χ4n) is 1.91. The van der Waals surface area contributed by atoms with Crippen LogP contribution in [0.25, 0.3) is 0 Å². The minimum absolute atomic E-state index is 0.0391. The number of hydrogen-bond donors (Lipinski definition) is 1. The standard InChI is InChI=1S/C11H16N2O2/c14-10-4-6-12(9-10)7-8-13-5-2-1-3-11(13)15/h1-3,5,10,14H,4,6-9H2/t10-/m0/s1. The van der Waals surface area contributed by atoms with Crippen LogP contribution in [0, 0.1) is 0 Å². The Morgan fingerprint density at radius 2 is 2.27 bits per heavy atom. The van der Waals surface area contributed by atoms with Crippen molar-refractivity contribution in [2.45, 2.75) is 19.1 Å². The third-order valence-electron chi connectivity index (χ3n) is 2.80. The van der Waals surface area contributed by atoms with Crippen molar-refractivity contribution in [3.63, 3.8) is 0 Å². The molecule has 1 aromatic heterocycles. The second-order valence-corrected chi connectivity index (χ2v) is 3.98. The SMILES string of the molecule is O=c1ccccn1CCN1CC[C@H](O)C1. The van der Waals surface area contributed by atoms with Gasteiger partial charge in [-0.2, -0.15) is 0 Å². The van der Waals surface area contributed by atoms with Crippen LogP contribution in [0.1, 0.15) is 6.42 Å². The van der Waals surface area contributed by atoms with Crippen LogP contribution in [0.3, 0.4) is 0 Å². The van der Waals surface area contributed by atoms with E-state index in [1.807, 2.05) is 6.07 Å². The summed E-state index contributed by atoms with van der Waals surface area (Å²) in [5.74, 6) is 0. The maximum Gasteiger partial charge on any atom is 0.250 e. The molecule has 0 bridgehead atoms. The summed E-state index contributed by atoms with van der Waals surface area (Å²) in [6, 6.07) is 5.18. The highest BCUT2D eigenvalue weighted by Gasteiger charge is 2.19. The normalized spacial score (nSPS) is 22.1. The summed E-state index contributed by atoms with van der Waals surface area (Å²) in [5.41, 5.74) is 0.0391. The zero-order valence-corrected chi connectivity index (χ0v) is 8.67. The molecule has 82 valence electrons. The van der Waals surface area contributed by atoms with Gasteiger partial charge in [-0.1, -0.05) is 6.07 Å². The predicted molar refractivity (Wildman–Crippen MR) is 57.8 cm³/mol. The maximum atomic E-state index is 11.4. The Morgan fingerprint density at radius 1 is 1.40 bits per heavy atom. The van der Waals surface area contributed by atoms with Gasteiger partial charge in [-0.3, -0.25) is 9.69 Å². The second-order valence-electron chi connectivity index (χ2n) is 3.98. The van der Waals surface area contributed by atoms with E-state index >= 15 is 0 Å². The van der Waals surface area contributed by atoms with Crippen LogP contribution in [0.4, 0.5) is 0 Å². The number of likely N-dealkylation sites (tertiary alicyclic amines) is 1. The predicted octanol–water partition coefficient (Wildman–Crippen LogP) is -0.0851. The van der Waals surface area contributed by atoms with Crippen LogP contribution in [-0.2, 0) is 6.54 Å².